The minimum Gasteiger partial charge on any atom is -0.385 e. The normalized spacial score (nSPS) is 10.8. The first-order chi connectivity index (χ1) is 8.76. The zero-order chi connectivity index (χ0) is 13.0. The molecule has 0 spiro atoms. The van der Waals surface area contributed by atoms with E-state index in [-0.39, 0.29) is 0 Å². The first kappa shape index (κ1) is 12.6. The van der Waals surface area contributed by atoms with Crippen LogP contribution in [-0.2, 0) is 4.74 Å². The van der Waals surface area contributed by atoms with E-state index in [0.29, 0.717) is 0 Å². The number of hydrogen-bond acceptors (Lipinski definition) is 5. The lowest BCUT2D eigenvalue weighted by atomic mass is 10.4. The molecule has 0 atom stereocenters. The Bertz CT molecular complexity index is 510. The molecular formula is C12H19N5O. The number of ether oxygens (including phenoxy) is 1. The van der Waals surface area contributed by atoms with Gasteiger partial charge in [-0.2, -0.15) is 0 Å². The zero-order valence-corrected chi connectivity index (χ0v) is 11.1. The summed E-state index contributed by atoms with van der Waals surface area (Å²) >= 11 is 0. The molecule has 2 aromatic rings. The van der Waals surface area contributed by atoms with Crippen LogP contribution >= 0.6 is 0 Å². The molecule has 0 aromatic carbocycles. The average Bonchev–Trinajstić information content (AvgIpc) is 2.85. The van der Waals surface area contributed by atoms with Gasteiger partial charge in [-0.05, 0) is 6.42 Å². The lowest BCUT2D eigenvalue weighted by molar-refractivity contribution is 0.196. The Morgan fingerprint density at radius 3 is 3.06 bits per heavy atom. The highest BCUT2D eigenvalue weighted by Crippen LogP contribution is 2.19. The van der Waals surface area contributed by atoms with E-state index in [4.69, 9.17) is 4.74 Å². The molecule has 0 fully saturated rings. The third-order valence-electron chi connectivity index (χ3n) is 2.82. The molecule has 0 aliphatic heterocycles. The van der Waals surface area contributed by atoms with Gasteiger partial charge in [-0.3, -0.25) is 0 Å². The van der Waals surface area contributed by atoms with Gasteiger partial charge in [0.15, 0.2) is 11.5 Å². The molecule has 6 nitrogen and oxygen atoms in total. The van der Waals surface area contributed by atoms with Crippen molar-refractivity contribution in [3.8, 4) is 0 Å². The first-order valence-corrected chi connectivity index (χ1v) is 5.98. The van der Waals surface area contributed by atoms with E-state index in [1.54, 1.807) is 13.3 Å². The summed E-state index contributed by atoms with van der Waals surface area (Å²) in [4.78, 5) is 11.0. The predicted molar refractivity (Wildman–Crippen MR) is 72.3 cm³/mol. The molecule has 2 rings (SSSR count). The summed E-state index contributed by atoms with van der Waals surface area (Å²) in [5.41, 5.74) is 0.869. The highest BCUT2D eigenvalue weighted by Gasteiger charge is 2.11. The summed E-state index contributed by atoms with van der Waals surface area (Å²) in [6.45, 7) is 1.64. The van der Waals surface area contributed by atoms with Crippen molar-refractivity contribution in [1.82, 2.24) is 14.4 Å². The van der Waals surface area contributed by atoms with Gasteiger partial charge in [-0.15, -0.1) is 0 Å². The zero-order valence-electron chi connectivity index (χ0n) is 11.1. The van der Waals surface area contributed by atoms with Crippen molar-refractivity contribution in [2.45, 2.75) is 6.42 Å². The lowest BCUT2D eigenvalue weighted by Gasteiger charge is -2.19. The fraction of sp³-hybridized carbons (Fsp3) is 0.500. The van der Waals surface area contributed by atoms with Gasteiger partial charge in [0.1, 0.15) is 5.82 Å². The number of fused-ring (bicyclic) bond motifs is 1. The summed E-state index contributed by atoms with van der Waals surface area (Å²) in [6, 6.07) is 0. The topological polar surface area (TPSA) is 54.7 Å². The van der Waals surface area contributed by atoms with E-state index >= 15 is 0 Å². The molecule has 2 heterocycles. The number of hydrogen-bond donors (Lipinski definition) is 1. The number of imidazole rings is 1. The molecule has 0 saturated heterocycles. The molecule has 0 aliphatic carbocycles. The molecular weight excluding hydrogens is 230 g/mol. The molecule has 0 aliphatic rings. The SMILES string of the molecule is CNc1cn2ccnc2c(N(C)CCCOC)n1. The predicted octanol–water partition coefficient (Wildman–Crippen LogP) is 1.24. The van der Waals surface area contributed by atoms with E-state index in [1.807, 2.05) is 30.9 Å². The second kappa shape index (κ2) is 5.68. The van der Waals surface area contributed by atoms with Gasteiger partial charge in [0, 0.05) is 46.8 Å². The van der Waals surface area contributed by atoms with Gasteiger partial charge in [0.25, 0.3) is 0 Å². The molecule has 98 valence electrons. The molecule has 6 heteroatoms. The number of aromatic nitrogens is 3. The van der Waals surface area contributed by atoms with Gasteiger partial charge in [-0.1, -0.05) is 0 Å². The Morgan fingerprint density at radius 1 is 1.50 bits per heavy atom. The van der Waals surface area contributed by atoms with E-state index < -0.39 is 0 Å². The van der Waals surface area contributed by atoms with Crippen molar-refractivity contribution >= 4 is 17.3 Å². The van der Waals surface area contributed by atoms with Crippen LogP contribution in [0.5, 0.6) is 0 Å². The molecule has 0 bridgehead atoms. The summed E-state index contributed by atoms with van der Waals surface area (Å²) in [5.74, 6) is 1.71. The number of methoxy groups -OCH3 is 1. The maximum absolute atomic E-state index is 5.07. The van der Waals surface area contributed by atoms with Crippen LogP contribution < -0.4 is 10.2 Å². The molecule has 2 aromatic heterocycles. The Balaban J connectivity index is 2.27. The van der Waals surface area contributed by atoms with Crippen LogP contribution in [0.3, 0.4) is 0 Å². The lowest BCUT2D eigenvalue weighted by Crippen LogP contribution is -2.22. The number of nitrogens with one attached hydrogen (secondary N) is 1. The monoisotopic (exact) mass is 249 g/mol. The van der Waals surface area contributed by atoms with Crippen LogP contribution in [0.15, 0.2) is 18.6 Å². The van der Waals surface area contributed by atoms with Gasteiger partial charge in [0.2, 0.25) is 0 Å². The van der Waals surface area contributed by atoms with Crippen LogP contribution in [0.1, 0.15) is 6.42 Å². The maximum Gasteiger partial charge on any atom is 0.180 e. The molecule has 0 amide bonds. The average molecular weight is 249 g/mol. The minimum atomic E-state index is 0.751. The Morgan fingerprint density at radius 2 is 2.33 bits per heavy atom. The second-order valence-corrected chi connectivity index (χ2v) is 4.13. The highest BCUT2D eigenvalue weighted by atomic mass is 16.5. The molecule has 0 radical (unpaired) electrons. The molecule has 0 unspecified atom stereocenters. The van der Waals surface area contributed by atoms with Crippen LogP contribution in [0.4, 0.5) is 11.6 Å². The summed E-state index contributed by atoms with van der Waals surface area (Å²) in [6.07, 6.45) is 6.59. The smallest absolute Gasteiger partial charge is 0.180 e. The molecule has 18 heavy (non-hydrogen) atoms. The van der Waals surface area contributed by atoms with E-state index in [9.17, 15) is 0 Å². The van der Waals surface area contributed by atoms with Crippen molar-refractivity contribution in [2.24, 2.45) is 0 Å². The summed E-state index contributed by atoms with van der Waals surface area (Å²) in [5, 5.41) is 3.06. The van der Waals surface area contributed by atoms with E-state index in [2.05, 4.69) is 20.2 Å². The minimum absolute atomic E-state index is 0.751. The van der Waals surface area contributed by atoms with Gasteiger partial charge in [-0.25, -0.2) is 9.97 Å². The number of nitrogens with zero attached hydrogens (tertiary/aromatic N) is 4. The standard InChI is InChI=1S/C12H19N5O/c1-13-10-9-17-7-5-14-11(17)12(15-10)16(2)6-4-8-18-3/h5,7,9,13H,4,6,8H2,1-3H3. The Labute approximate surface area is 107 Å². The number of rotatable bonds is 6. The van der Waals surface area contributed by atoms with Gasteiger partial charge >= 0.3 is 0 Å². The Hall–Kier alpha value is -1.82. The van der Waals surface area contributed by atoms with Crippen molar-refractivity contribution in [1.29, 1.82) is 0 Å². The van der Waals surface area contributed by atoms with Crippen LogP contribution in [0.2, 0.25) is 0 Å². The quantitative estimate of drug-likeness (QED) is 0.781. The first-order valence-electron chi connectivity index (χ1n) is 5.98. The summed E-state index contributed by atoms with van der Waals surface area (Å²) < 4.78 is 7.04. The third kappa shape index (κ3) is 2.53. The van der Waals surface area contributed by atoms with Crippen LogP contribution in [0, 0.1) is 0 Å². The van der Waals surface area contributed by atoms with Crippen molar-refractivity contribution in [3.63, 3.8) is 0 Å². The highest BCUT2D eigenvalue weighted by molar-refractivity contribution is 5.66. The number of anilines is 2. The van der Waals surface area contributed by atoms with Crippen LogP contribution in [0.25, 0.3) is 5.65 Å². The largest absolute Gasteiger partial charge is 0.385 e. The summed E-state index contributed by atoms with van der Waals surface area (Å²) in [7, 11) is 5.60. The maximum atomic E-state index is 5.07. The van der Waals surface area contributed by atoms with Crippen molar-refractivity contribution in [2.75, 3.05) is 44.6 Å². The van der Waals surface area contributed by atoms with Gasteiger partial charge < -0.3 is 19.4 Å². The van der Waals surface area contributed by atoms with Gasteiger partial charge in [0.05, 0.1) is 6.20 Å². The molecule has 0 saturated carbocycles. The van der Waals surface area contributed by atoms with E-state index in [1.165, 1.54) is 0 Å². The second-order valence-electron chi connectivity index (χ2n) is 4.13. The fourth-order valence-electron chi connectivity index (χ4n) is 1.84. The fourth-order valence-corrected chi connectivity index (χ4v) is 1.84. The Kier molecular flexibility index (Phi) is 3.99. The van der Waals surface area contributed by atoms with Crippen LogP contribution in [-0.4, -0.2) is 48.7 Å². The van der Waals surface area contributed by atoms with Crippen molar-refractivity contribution in [3.05, 3.63) is 18.6 Å². The molecule has 1 N–H and O–H groups in total. The third-order valence-corrected chi connectivity index (χ3v) is 2.82. The van der Waals surface area contributed by atoms with Crippen molar-refractivity contribution < 1.29 is 4.74 Å². The van der Waals surface area contributed by atoms with E-state index in [0.717, 1.165) is 36.9 Å².